The van der Waals surface area contributed by atoms with Crippen molar-refractivity contribution in [2.75, 3.05) is 29.9 Å². The van der Waals surface area contributed by atoms with Crippen molar-refractivity contribution in [2.45, 2.75) is 66.3 Å². The van der Waals surface area contributed by atoms with Gasteiger partial charge in [0.15, 0.2) is 0 Å². The Morgan fingerprint density at radius 2 is 1.50 bits per heavy atom. The van der Waals surface area contributed by atoms with E-state index in [1.807, 2.05) is 44.2 Å². The normalized spacial score (nSPS) is 17.1. The maximum atomic E-state index is 13.7. The molecule has 2 N–H and O–H groups in total. The van der Waals surface area contributed by atoms with Crippen LogP contribution in [0.3, 0.4) is 0 Å². The average molecular weight is 494 g/mol. The van der Waals surface area contributed by atoms with Gasteiger partial charge in [-0.05, 0) is 66.0 Å². The second-order valence-electron chi connectivity index (χ2n) is 11.3. The van der Waals surface area contributed by atoms with Gasteiger partial charge in [0.25, 0.3) is 5.91 Å². The highest BCUT2D eigenvalue weighted by atomic mass is 16.5. The van der Waals surface area contributed by atoms with E-state index in [2.05, 4.69) is 61.4 Å². The van der Waals surface area contributed by atoms with Crippen LogP contribution in [0.2, 0.25) is 0 Å². The third kappa shape index (κ3) is 7.49. The van der Waals surface area contributed by atoms with Crippen molar-refractivity contribution >= 4 is 23.4 Å². The maximum absolute atomic E-state index is 13.7. The van der Waals surface area contributed by atoms with Crippen LogP contribution < -0.4 is 15.5 Å². The van der Waals surface area contributed by atoms with Gasteiger partial charge in [0.1, 0.15) is 5.54 Å². The molecular weight excluding hydrogens is 450 g/mol. The van der Waals surface area contributed by atoms with E-state index in [1.54, 1.807) is 0 Å². The van der Waals surface area contributed by atoms with Gasteiger partial charge in [0.2, 0.25) is 0 Å². The molecule has 1 aliphatic carbocycles. The van der Waals surface area contributed by atoms with Gasteiger partial charge in [-0.2, -0.15) is 0 Å². The standard InChI is InChI=1S/C30H43N3O3/c1-21(2)18-33(19-22(3)4)27-13-11-26(12-14-27)31-28(34)30(32-29(35)36-20-23(5)6)16-15-24-9-7-8-10-25(24)17-30/h7-14,21-23H,15-20H2,1-6H3,(H,31,34)(H,32,35). The van der Waals surface area contributed by atoms with Crippen LogP contribution >= 0.6 is 0 Å². The summed E-state index contributed by atoms with van der Waals surface area (Å²) in [7, 11) is 0. The minimum absolute atomic E-state index is 0.215. The quantitative estimate of drug-likeness (QED) is 0.422. The van der Waals surface area contributed by atoms with E-state index in [0.29, 0.717) is 43.4 Å². The number of carbonyl (C=O) groups is 2. The fourth-order valence-electron chi connectivity index (χ4n) is 4.74. The zero-order valence-electron chi connectivity index (χ0n) is 22.8. The zero-order chi connectivity index (χ0) is 26.3. The Morgan fingerprint density at radius 3 is 2.08 bits per heavy atom. The van der Waals surface area contributed by atoms with E-state index in [-0.39, 0.29) is 11.8 Å². The van der Waals surface area contributed by atoms with E-state index >= 15 is 0 Å². The van der Waals surface area contributed by atoms with Crippen molar-refractivity contribution in [3.05, 3.63) is 59.7 Å². The molecule has 0 saturated heterocycles. The SMILES string of the molecule is CC(C)COC(=O)NC1(C(=O)Nc2ccc(N(CC(C)C)CC(C)C)cc2)CCc2ccccc2C1. The summed E-state index contributed by atoms with van der Waals surface area (Å²) in [6, 6.07) is 16.1. The van der Waals surface area contributed by atoms with Crippen LogP contribution in [-0.4, -0.2) is 37.2 Å². The number of anilines is 2. The van der Waals surface area contributed by atoms with Crippen LogP contribution in [0.15, 0.2) is 48.5 Å². The molecule has 2 amide bonds. The fourth-order valence-corrected chi connectivity index (χ4v) is 4.74. The molecule has 6 nitrogen and oxygen atoms in total. The summed E-state index contributed by atoms with van der Waals surface area (Å²) in [5.74, 6) is 1.11. The molecule has 1 atom stereocenters. The molecule has 1 unspecified atom stereocenters. The smallest absolute Gasteiger partial charge is 0.408 e. The first-order valence-corrected chi connectivity index (χ1v) is 13.3. The maximum Gasteiger partial charge on any atom is 0.408 e. The number of alkyl carbamates (subject to hydrolysis) is 1. The lowest BCUT2D eigenvalue weighted by atomic mass is 9.77. The molecule has 0 fully saturated rings. The molecule has 2 aromatic carbocycles. The predicted octanol–water partition coefficient (Wildman–Crippen LogP) is 6.05. The molecule has 6 heteroatoms. The number of aryl methyl sites for hydroxylation is 1. The lowest BCUT2D eigenvalue weighted by Crippen LogP contribution is -2.60. The summed E-state index contributed by atoms with van der Waals surface area (Å²) >= 11 is 0. The summed E-state index contributed by atoms with van der Waals surface area (Å²) in [5.41, 5.74) is 3.09. The third-order valence-electron chi connectivity index (χ3n) is 6.42. The molecule has 0 bridgehead atoms. The Bertz CT molecular complexity index is 1010. The van der Waals surface area contributed by atoms with Gasteiger partial charge in [-0.25, -0.2) is 4.79 Å². The fraction of sp³-hybridized carbons (Fsp3) is 0.533. The highest BCUT2D eigenvalue weighted by molar-refractivity contribution is 6.00. The van der Waals surface area contributed by atoms with Crippen molar-refractivity contribution in [1.82, 2.24) is 5.32 Å². The number of rotatable bonds is 10. The van der Waals surface area contributed by atoms with Crippen LogP contribution in [0.4, 0.5) is 16.2 Å². The van der Waals surface area contributed by atoms with E-state index in [4.69, 9.17) is 4.74 Å². The molecule has 2 aromatic rings. The molecule has 3 rings (SSSR count). The summed E-state index contributed by atoms with van der Waals surface area (Å²) in [6.07, 6.45) is 1.11. The number of benzene rings is 2. The third-order valence-corrected chi connectivity index (χ3v) is 6.42. The number of fused-ring (bicyclic) bond motifs is 1. The van der Waals surface area contributed by atoms with Gasteiger partial charge in [0, 0.05) is 30.9 Å². The Labute approximate surface area is 216 Å². The predicted molar refractivity (Wildman–Crippen MR) is 147 cm³/mol. The summed E-state index contributed by atoms with van der Waals surface area (Å²) in [4.78, 5) is 28.8. The molecule has 0 heterocycles. The van der Waals surface area contributed by atoms with Crippen LogP contribution in [0.5, 0.6) is 0 Å². The molecule has 0 aliphatic heterocycles. The lowest BCUT2D eigenvalue weighted by Gasteiger charge is -2.37. The highest BCUT2D eigenvalue weighted by Crippen LogP contribution is 2.31. The van der Waals surface area contributed by atoms with Crippen LogP contribution in [0, 0.1) is 17.8 Å². The van der Waals surface area contributed by atoms with Gasteiger partial charge in [-0.3, -0.25) is 4.79 Å². The molecular formula is C30H43N3O3. The number of carbonyl (C=O) groups excluding carboxylic acids is 2. The minimum Gasteiger partial charge on any atom is -0.449 e. The topological polar surface area (TPSA) is 70.7 Å². The first-order chi connectivity index (χ1) is 17.1. The van der Waals surface area contributed by atoms with Crippen LogP contribution in [0.25, 0.3) is 0 Å². The Kier molecular flexibility index (Phi) is 9.41. The molecule has 196 valence electrons. The molecule has 36 heavy (non-hydrogen) atoms. The Balaban J connectivity index is 1.79. The summed E-state index contributed by atoms with van der Waals surface area (Å²) in [5, 5.41) is 6.01. The van der Waals surface area contributed by atoms with Gasteiger partial charge < -0.3 is 20.3 Å². The number of hydrogen-bond acceptors (Lipinski definition) is 4. The zero-order valence-corrected chi connectivity index (χ0v) is 22.8. The minimum atomic E-state index is -1.07. The second-order valence-corrected chi connectivity index (χ2v) is 11.3. The molecule has 0 spiro atoms. The molecule has 0 radical (unpaired) electrons. The van der Waals surface area contributed by atoms with Crippen molar-refractivity contribution in [1.29, 1.82) is 0 Å². The Morgan fingerprint density at radius 1 is 0.889 bits per heavy atom. The van der Waals surface area contributed by atoms with E-state index in [9.17, 15) is 9.59 Å². The number of hydrogen-bond donors (Lipinski definition) is 2. The van der Waals surface area contributed by atoms with Crippen molar-refractivity contribution in [2.24, 2.45) is 17.8 Å². The highest BCUT2D eigenvalue weighted by Gasteiger charge is 2.43. The average Bonchev–Trinajstić information content (AvgIpc) is 2.82. The number of ether oxygens (including phenoxy) is 1. The van der Waals surface area contributed by atoms with Gasteiger partial charge in [-0.15, -0.1) is 0 Å². The van der Waals surface area contributed by atoms with E-state index in [0.717, 1.165) is 24.3 Å². The number of nitrogens with zero attached hydrogens (tertiary/aromatic N) is 1. The van der Waals surface area contributed by atoms with Gasteiger partial charge >= 0.3 is 6.09 Å². The number of amides is 2. The first-order valence-electron chi connectivity index (χ1n) is 13.3. The molecule has 0 saturated carbocycles. The lowest BCUT2D eigenvalue weighted by molar-refractivity contribution is -0.122. The summed E-state index contributed by atoms with van der Waals surface area (Å²) in [6.45, 7) is 15.1. The second kappa shape index (κ2) is 12.3. The van der Waals surface area contributed by atoms with E-state index < -0.39 is 11.6 Å². The van der Waals surface area contributed by atoms with Crippen molar-refractivity contribution < 1.29 is 14.3 Å². The van der Waals surface area contributed by atoms with Crippen LogP contribution in [-0.2, 0) is 22.4 Å². The Hall–Kier alpha value is -3.02. The monoisotopic (exact) mass is 493 g/mol. The first kappa shape index (κ1) is 27.6. The van der Waals surface area contributed by atoms with E-state index in [1.165, 1.54) is 5.56 Å². The van der Waals surface area contributed by atoms with Crippen molar-refractivity contribution in [3.63, 3.8) is 0 Å². The molecule has 1 aliphatic rings. The largest absolute Gasteiger partial charge is 0.449 e. The van der Waals surface area contributed by atoms with Gasteiger partial charge in [-0.1, -0.05) is 65.8 Å². The number of nitrogens with one attached hydrogen (secondary N) is 2. The van der Waals surface area contributed by atoms with Gasteiger partial charge in [0.05, 0.1) is 6.61 Å². The molecule has 0 aromatic heterocycles. The van der Waals surface area contributed by atoms with Crippen molar-refractivity contribution in [3.8, 4) is 0 Å². The van der Waals surface area contributed by atoms with Crippen LogP contribution in [0.1, 0.15) is 59.1 Å². The summed E-state index contributed by atoms with van der Waals surface area (Å²) < 4.78 is 5.39.